The zero-order valence-corrected chi connectivity index (χ0v) is 18.1. The predicted molar refractivity (Wildman–Crippen MR) is 124 cm³/mol. The van der Waals surface area contributed by atoms with Gasteiger partial charge in [-0.3, -0.25) is 0 Å². The molecule has 0 heterocycles. The van der Waals surface area contributed by atoms with E-state index >= 15 is 0 Å². The highest BCUT2D eigenvalue weighted by Gasteiger charge is 2.14. The van der Waals surface area contributed by atoms with E-state index < -0.39 is 11.9 Å². The minimum Gasteiger partial charge on any atom is -0.507 e. The molecule has 0 aliphatic rings. The number of unbranched alkanes of at least 4 members (excludes halogenated alkanes) is 1. The molecule has 0 aromatic heterocycles. The van der Waals surface area contributed by atoms with Crippen LogP contribution in [0.5, 0.6) is 11.5 Å². The Kier molecular flexibility index (Phi) is 9.16. The van der Waals surface area contributed by atoms with Crippen molar-refractivity contribution in [3.63, 3.8) is 0 Å². The number of nitrogens with zero attached hydrogens (tertiary/aromatic N) is 2. The van der Waals surface area contributed by atoms with Crippen LogP contribution in [-0.4, -0.2) is 41.2 Å². The van der Waals surface area contributed by atoms with Crippen molar-refractivity contribution in [2.24, 2.45) is 10.2 Å². The number of phenols is 2. The summed E-state index contributed by atoms with van der Waals surface area (Å²) in [4.78, 5) is 24.2. The van der Waals surface area contributed by atoms with Gasteiger partial charge in [0.15, 0.2) is 0 Å². The van der Waals surface area contributed by atoms with Gasteiger partial charge in [0.2, 0.25) is 0 Å². The van der Waals surface area contributed by atoms with E-state index in [2.05, 4.69) is 16.8 Å². The number of carbonyl (C=O) groups is 2. The standard InChI is InChI=1S/C24H26N2O6.H2/c1-4-6-11-31-23(29)19-12-17(7-9-21(19)27)14-25-26-15-18-8-10-22(28)20(13-18)24(30)32-16(3)5-2;/h7-10,12-15,27-28H,3-6,11H2,1-2H3;1H/b25-14+,26-15+;. The maximum absolute atomic E-state index is 12.1. The number of benzene rings is 2. The minimum absolute atomic E-state index is 0. The maximum atomic E-state index is 12.1. The minimum atomic E-state index is -0.712. The summed E-state index contributed by atoms with van der Waals surface area (Å²) in [7, 11) is 0. The van der Waals surface area contributed by atoms with Crippen molar-refractivity contribution < 1.29 is 30.7 Å². The van der Waals surface area contributed by atoms with Crippen LogP contribution >= 0.6 is 0 Å². The zero-order chi connectivity index (χ0) is 23.5. The molecule has 8 heteroatoms. The molecule has 0 saturated heterocycles. The third kappa shape index (κ3) is 7.09. The van der Waals surface area contributed by atoms with Gasteiger partial charge in [0.1, 0.15) is 28.4 Å². The van der Waals surface area contributed by atoms with Gasteiger partial charge in [-0.15, -0.1) is 0 Å². The first-order chi connectivity index (χ1) is 15.3. The van der Waals surface area contributed by atoms with Gasteiger partial charge in [-0.2, -0.15) is 10.2 Å². The van der Waals surface area contributed by atoms with Gasteiger partial charge in [-0.25, -0.2) is 9.59 Å². The van der Waals surface area contributed by atoms with Crippen LogP contribution in [-0.2, 0) is 9.47 Å². The van der Waals surface area contributed by atoms with Crippen molar-refractivity contribution in [1.29, 1.82) is 0 Å². The third-order valence-corrected chi connectivity index (χ3v) is 4.32. The summed E-state index contributed by atoms with van der Waals surface area (Å²) < 4.78 is 10.2. The Morgan fingerprint density at radius 2 is 1.50 bits per heavy atom. The van der Waals surface area contributed by atoms with Gasteiger partial charge in [0, 0.05) is 7.85 Å². The zero-order valence-electron chi connectivity index (χ0n) is 18.1. The summed E-state index contributed by atoms with van der Waals surface area (Å²) in [5, 5.41) is 27.7. The SMILES string of the molecule is C=C(CC)OC(=O)c1cc(/C=N/N=C/c2ccc(O)c(C(=O)OCCCC)c2)ccc1O.[HH]. The number of allylic oxidation sites excluding steroid dienone is 1. The Labute approximate surface area is 188 Å². The Morgan fingerprint density at radius 1 is 0.969 bits per heavy atom. The van der Waals surface area contributed by atoms with Crippen molar-refractivity contribution in [2.75, 3.05) is 6.61 Å². The van der Waals surface area contributed by atoms with Crippen molar-refractivity contribution in [3.05, 3.63) is 71.0 Å². The van der Waals surface area contributed by atoms with Crippen molar-refractivity contribution in [1.82, 2.24) is 0 Å². The number of ether oxygens (including phenoxy) is 2. The first-order valence-electron chi connectivity index (χ1n) is 10.1. The number of esters is 2. The van der Waals surface area contributed by atoms with Gasteiger partial charge in [-0.05, 0) is 53.9 Å². The maximum Gasteiger partial charge on any atom is 0.346 e. The van der Waals surface area contributed by atoms with E-state index in [1.165, 1.54) is 36.7 Å². The monoisotopic (exact) mass is 440 g/mol. The van der Waals surface area contributed by atoms with Crippen LogP contribution in [0, 0.1) is 0 Å². The molecule has 0 bridgehead atoms. The molecule has 0 aliphatic heterocycles. The average molecular weight is 440 g/mol. The molecule has 0 saturated carbocycles. The van der Waals surface area contributed by atoms with E-state index in [0.29, 0.717) is 23.3 Å². The lowest BCUT2D eigenvalue weighted by atomic mass is 10.1. The van der Waals surface area contributed by atoms with Crippen molar-refractivity contribution in [2.45, 2.75) is 33.1 Å². The molecule has 0 amide bonds. The molecule has 0 fully saturated rings. The molecule has 2 N–H and O–H groups in total. The lowest BCUT2D eigenvalue weighted by molar-refractivity contribution is 0.0495. The van der Waals surface area contributed by atoms with Gasteiger partial charge < -0.3 is 19.7 Å². The van der Waals surface area contributed by atoms with E-state index in [1.807, 2.05) is 6.92 Å². The summed E-state index contributed by atoms with van der Waals surface area (Å²) in [6.07, 6.45) is 4.90. The normalized spacial score (nSPS) is 11.1. The van der Waals surface area contributed by atoms with Crippen LogP contribution in [0.25, 0.3) is 0 Å². The number of rotatable bonds is 10. The Bertz CT molecular complexity index is 1050. The molecule has 2 rings (SSSR count). The molecule has 32 heavy (non-hydrogen) atoms. The Morgan fingerprint density at radius 3 is 2.00 bits per heavy atom. The van der Waals surface area contributed by atoms with E-state index in [0.717, 1.165) is 12.8 Å². The summed E-state index contributed by atoms with van der Waals surface area (Å²) in [6.45, 7) is 7.67. The van der Waals surface area contributed by atoms with Crippen LogP contribution in [0.3, 0.4) is 0 Å². The topological polar surface area (TPSA) is 118 Å². The number of hydrogen-bond acceptors (Lipinski definition) is 8. The Balaban J connectivity index is 0.00000544. The van der Waals surface area contributed by atoms with Crippen molar-refractivity contribution in [3.8, 4) is 11.5 Å². The summed E-state index contributed by atoms with van der Waals surface area (Å²) in [5.41, 5.74) is 1.08. The van der Waals surface area contributed by atoms with E-state index in [-0.39, 0.29) is 30.7 Å². The van der Waals surface area contributed by atoms with Crippen LogP contribution in [0.15, 0.2) is 58.9 Å². The van der Waals surface area contributed by atoms with Crippen LogP contribution in [0.2, 0.25) is 0 Å². The molecule has 170 valence electrons. The largest absolute Gasteiger partial charge is 0.507 e. The predicted octanol–water partition coefficient (Wildman–Crippen LogP) is 4.83. The fourth-order valence-electron chi connectivity index (χ4n) is 2.44. The molecule has 8 nitrogen and oxygen atoms in total. The fraction of sp³-hybridized carbons (Fsp3) is 0.250. The van der Waals surface area contributed by atoms with E-state index in [9.17, 15) is 19.8 Å². The molecule has 0 atom stereocenters. The number of hydrogen-bond donors (Lipinski definition) is 2. The van der Waals surface area contributed by atoms with Crippen LogP contribution in [0.4, 0.5) is 0 Å². The number of aromatic hydroxyl groups is 2. The molecule has 0 unspecified atom stereocenters. The fourth-order valence-corrected chi connectivity index (χ4v) is 2.44. The number of phenolic OH excluding ortho intramolecular Hbond substituents is 2. The van der Waals surface area contributed by atoms with E-state index in [4.69, 9.17) is 9.47 Å². The molecule has 2 aromatic rings. The number of carbonyl (C=O) groups excluding carboxylic acids is 2. The highest BCUT2D eigenvalue weighted by molar-refractivity contribution is 5.96. The summed E-state index contributed by atoms with van der Waals surface area (Å²) >= 11 is 0. The second kappa shape index (κ2) is 12.0. The van der Waals surface area contributed by atoms with Crippen molar-refractivity contribution >= 4 is 24.4 Å². The molecule has 0 radical (unpaired) electrons. The summed E-state index contributed by atoms with van der Waals surface area (Å²) in [5.74, 6) is -1.43. The third-order valence-electron chi connectivity index (χ3n) is 4.32. The quantitative estimate of drug-likeness (QED) is 0.180. The molecule has 2 aromatic carbocycles. The van der Waals surface area contributed by atoms with Gasteiger partial charge in [-0.1, -0.05) is 26.8 Å². The first-order valence-corrected chi connectivity index (χ1v) is 10.1. The first kappa shape index (κ1) is 24.3. The smallest absolute Gasteiger partial charge is 0.346 e. The highest BCUT2D eigenvalue weighted by atomic mass is 16.5. The molecular formula is C24H28N2O6. The summed E-state index contributed by atoms with van der Waals surface area (Å²) in [6, 6.07) is 8.75. The van der Waals surface area contributed by atoms with Gasteiger partial charge in [0.05, 0.1) is 19.0 Å². The highest BCUT2D eigenvalue weighted by Crippen LogP contribution is 2.21. The van der Waals surface area contributed by atoms with E-state index in [1.54, 1.807) is 19.1 Å². The molecule has 0 aliphatic carbocycles. The van der Waals surface area contributed by atoms with Crippen LogP contribution < -0.4 is 0 Å². The second-order valence-corrected chi connectivity index (χ2v) is 6.81. The average Bonchev–Trinajstić information content (AvgIpc) is 2.78. The Hall–Kier alpha value is -3.94. The molecule has 0 spiro atoms. The van der Waals surface area contributed by atoms with Crippen LogP contribution in [0.1, 0.15) is 66.4 Å². The second-order valence-electron chi connectivity index (χ2n) is 6.81. The lowest BCUT2D eigenvalue weighted by Gasteiger charge is -2.07. The van der Waals surface area contributed by atoms with Gasteiger partial charge in [0.25, 0.3) is 0 Å². The van der Waals surface area contributed by atoms with Gasteiger partial charge >= 0.3 is 11.9 Å². The lowest BCUT2D eigenvalue weighted by Crippen LogP contribution is -2.07. The molecular weight excluding hydrogens is 412 g/mol.